The van der Waals surface area contributed by atoms with Gasteiger partial charge in [-0.3, -0.25) is 4.90 Å². The van der Waals surface area contributed by atoms with Gasteiger partial charge < -0.3 is 10.0 Å². The highest BCUT2D eigenvalue weighted by Crippen LogP contribution is 2.39. The Balaban J connectivity index is 1.74. The molecule has 2 saturated heterocycles. The SMILES string of the molecule is C=C1CCN(c2cc(F)ccc2[C@@](O)(Cn2cncn2)[C@@H](C)N2CCC(=C)CC2)CC1. The molecule has 0 radical (unpaired) electrons. The minimum absolute atomic E-state index is 0.200. The number of piperidine rings is 2. The molecule has 1 aromatic heterocycles. The van der Waals surface area contributed by atoms with E-state index in [0.717, 1.165) is 63.1 Å². The molecule has 0 saturated carbocycles. The van der Waals surface area contributed by atoms with Gasteiger partial charge in [-0.05, 0) is 44.7 Å². The van der Waals surface area contributed by atoms with Gasteiger partial charge in [0.1, 0.15) is 24.1 Å². The fourth-order valence-corrected chi connectivity index (χ4v) is 4.73. The number of benzene rings is 1. The summed E-state index contributed by atoms with van der Waals surface area (Å²) in [5.41, 5.74) is 2.68. The largest absolute Gasteiger partial charge is 0.381 e. The van der Waals surface area contributed by atoms with Crippen LogP contribution >= 0.6 is 0 Å². The van der Waals surface area contributed by atoms with Crippen molar-refractivity contribution in [2.75, 3.05) is 31.1 Å². The second-order valence-electron chi connectivity index (χ2n) is 8.88. The van der Waals surface area contributed by atoms with Gasteiger partial charge in [-0.1, -0.05) is 30.4 Å². The summed E-state index contributed by atoms with van der Waals surface area (Å²) >= 11 is 0. The number of nitrogens with zero attached hydrogens (tertiary/aromatic N) is 5. The molecule has 0 spiro atoms. The van der Waals surface area contributed by atoms with Crippen LogP contribution in [-0.4, -0.2) is 57.0 Å². The van der Waals surface area contributed by atoms with E-state index in [4.69, 9.17) is 0 Å². The second-order valence-corrected chi connectivity index (χ2v) is 8.88. The quantitative estimate of drug-likeness (QED) is 0.718. The third-order valence-corrected chi connectivity index (χ3v) is 6.85. The molecule has 6 nitrogen and oxygen atoms in total. The summed E-state index contributed by atoms with van der Waals surface area (Å²) in [7, 11) is 0. The summed E-state index contributed by atoms with van der Waals surface area (Å²) in [6, 6.07) is 4.54. The van der Waals surface area contributed by atoms with E-state index >= 15 is 0 Å². The van der Waals surface area contributed by atoms with Crippen LogP contribution in [0.25, 0.3) is 0 Å². The van der Waals surface area contributed by atoms with Gasteiger partial charge in [0.15, 0.2) is 0 Å². The lowest BCUT2D eigenvalue weighted by Crippen LogP contribution is -2.53. The van der Waals surface area contributed by atoms with Crippen molar-refractivity contribution in [3.05, 3.63) is 66.5 Å². The van der Waals surface area contributed by atoms with Crippen molar-refractivity contribution in [2.45, 2.75) is 50.8 Å². The van der Waals surface area contributed by atoms with Gasteiger partial charge in [0.25, 0.3) is 0 Å². The van der Waals surface area contributed by atoms with E-state index in [1.54, 1.807) is 23.1 Å². The van der Waals surface area contributed by atoms with Crippen LogP contribution in [0.3, 0.4) is 0 Å². The Morgan fingerprint density at radius 1 is 1.10 bits per heavy atom. The molecule has 2 aliphatic rings. The number of anilines is 1. The normalized spacial score (nSPS) is 21.2. The molecule has 2 fully saturated rings. The first-order chi connectivity index (χ1) is 14.9. The molecule has 1 aromatic carbocycles. The smallest absolute Gasteiger partial charge is 0.137 e. The maximum atomic E-state index is 14.4. The minimum atomic E-state index is -1.27. The molecule has 3 heterocycles. The Morgan fingerprint density at radius 2 is 1.74 bits per heavy atom. The zero-order valence-corrected chi connectivity index (χ0v) is 18.3. The molecule has 2 atom stereocenters. The highest BCUT2D eigenvalue weighted by Gasteiger charge is 2.42. The zero-order chi connectivity index (χ0) is 22.0. The van der Waals surface area contributed by atoms with Crippen LogP contribution in [0.15, 0.2) is 55.2 Å². The third kappa shape index (κ3) is 4.57. The van der Waals surface area contributed by atoms with E-state index in [0.29, 0.717) is 0 Å². The average Bonchev–Trinajstić information content (AvgIpc) is 3.27. The van der Waals surface area contributed by atoms with E-state index in [-0.39, 0.29) is 18.4 Å². The fourth-order valence-electron chi connectivity index (χ4n) is 4.73. The zero-order valence-electron chi connectivity index (χ0n) is 18.3. The summed E-state index contributed by atoms with van der Waals surface area (Å²) < 4.78 is 16.0. The summed E-state index contributed by atoms with van der Waals surface area (Å²) in [4.78, 5) is 8.53. The van der Waals surface area contributed by atoms with Crippen LogP contribution in [0.2, 0.25) is 0 Å². The van der Waals surface area contributed by atoms with Gasteiger partial charge in [-0.25, -0.2) is 14.1 Å². The predicted octanol–water partition coefficient (Wildman–Crippen LogP) is 3.50. The molecule has 0 unspecified atom stereocenters. The average molecular weight is 426 g/mol. The molecule has 4 rings (SSSR count). The molecular weight excluding hydrogens is 393 g/mol. The fraction of sp³-hybridized carbons (Fsp3) is 0.500. The molecule has 0 amide bonds. The monoisotopic (exact) mass is 425 g/mol. The molecule has 0 aliphatic carbocycles. The first-order valence-corrected chi connectivity index (χ1v) is 11.0. The van der Waals surface area contributed by atoms with Crippen LogP contribution in [0, 0.1) is 5.82 Å². The van der Waals surface area contributed by atoms with Crippen molar-refractivity contribution in [3.63, 3.8) is 0 Å². The second kappa shape index (κ2) is 8.93. The number of aliphatic hydroxyl groups is 1. The molecule has 2 aliphatic heterocycles. The number of hydrogen-bond acceptors (Lipinski definition) is 5. The summed E-state index contributed by atoms with van der Waals surface area (Å²) in [6.45, 7) is 13.7. The first-order valence-electron chi connectivity index (χ1n) is 11.0. The van der Waals surface area contributed by atoms with Crippen molar-refractivity contribution >= 4 is 5.69 Å². The van der Waals surface area contributed by atoms with E-state index < -0.39 is 5.60 Å². The van der Waals surface area contributed by atoms with Crippen molar-refractivity contribution in [3.8, 4) is 0 Å². The van der Waals surface area contributed by atoms with E-state index in [2.05, 4.69) is 40.0 Å². The summed E-state index contributed by atoms with van der Waals surface area (Å²) in [5, 5.41) is 16.5. The van der Waals surface area contributed by atoms with Crippen LogP contribution in [0.4, 0.5) is 10.1 Å². The number of likely N-dealkylation sites (tertiary alicyclic amines) is 1. The lowest BCUT2D eigenvalue weighted by molar-refractivity contribution is -0.0630. The number of hydrogen-bond donors (Lipinski definition) is 1. The van der Waals surface area contributed by atoms with Gasteiger partial charge in [0.05, 0.1) is 6.54 Å². The highest BCUT2D eigenvalue weighted by atomic mass is 19.1. The number of rotatable bonds is 6. The molecular formula is C24H32FN5O. The lowest BCUT2D eigenvalue weighted by atomic mass is 9.83. The Labute approximate surface area is 183 Å². The van der Waals surface area contributed by atoms with Crippen molar-refractivity contribution in [1.29, 1.82) is 0 Å². The van der Waals surface area contributed by atoms with E-state index in [1.807, 2.05) is 0 Å². The van der Waals surface area contributed by atoms with Gasteiger partial charge in [0.2, 0.25) is 0 Å². The molecule has 2 aromatic rings. The first kappa shape index (κ1) is 21.7. The third-order valence-electron chi connectivity index (χ3n) is 6.85. The Kier molecular flexibility index (Phi) is 6.25. The topological polar surface area (TPSA) is 57.4 Å². The van der Waals surface area contributed by atoms with Gasteiger partial charge in [-0.2, -0.15) is 5.10 Å². The Bertz CT molecular complexity index is 923. The Hall–Kier alpha value is -2.51. The standard InChI is InChI=1S/C24H32FN5O/c1-18-6-10-28(11-7-18)20(3)24(31,15-30-17-26-16-27-30)22-5-4-21(25)14-23(22)29-12-8-19(2)9-13-29/h4-5,14,16-17,20,31H,1-2,6-13,15H2,3H3/t20-,24-/m1/s1. The number of halogens is 1. The lowest BCUT2D eigenvalue weighted by Gasteiger charge is -2.45. The van der Waals surface area contributed by atoms with Crippen molar-refractivity contribution in [2.24, 2.45) is 0 Å². The summed E-state index contributed by atoms with van der Waals surface area (Å²) in [6.07, 6.45) is 6.69. The highest BCUT2D eigenvalue weighted by molar-refractivity contribution is 5.57. The molecule has 7 heteroatoms. The molecule has 166 valence electrons. The van der Waals surface area contributed by atoms with Crippen LogP contribution in [-0.2, 0) is 12.1 Å². The molecule has 31 heavy (non-hydrogen) atoms. The van der Waals surface area contributed by atoms with Crippen molar-refractivity contribution < 1.29 is 9.50 Å². The summed E-state index contributed by atoms with van der Waals surface area (Å²) in [5.74, 6) is -0.298. The predicted molar refractivity (Wildman–Crippen MR) is 120 cm³/mol. The van der Waals surface area contributed by atoms with E-state index in [1.165, 1.54) is 23.5 Å². The molecule has 1 N–H and O–H groups in total. The van der Waals surface area contributed by atoms with Crippen LogP contribution < -0.4 is 4.90 Å². The van der Waals surface area contributed by atoms with Crippen LogP contribution in [0.5, 0.6) is 0 Å². The van der Waals surface area contributed by atoms with Gasteiger partial charge in [-0.15, -0.1) is 0 Å². The van der Waals surface area contributed by atoms with Crippen LogP contribution in [0.1, 0.15) is 38.2 Å². The minimum Gasteiger partial charge on any atom is -0.381 e. The Morgan fingerprint density at radius 3 is 2.35 bits per heavy atom. The maximum absolute atomic E-state index is 14.4. The van der Waals surface area contributed by atoms with Gasteiger partial charge >= 0.3 is 0 Å². The van der Waals surface area contributed by atoms with E-state index in [9.17, 15) is 9.50 Å². The van der Waals surface area contributed by atoms with Crippen molar-refractivity contribution in [1.82, 2.24) is 19.7 Å². The molecule has 0 bridgehead atoms. The van der Waals surface area contributed by atoms with Gasteiger partial charge in [0, 0.05) is 43.5 Å². The maximum Gasteiger partial charge on any atom is 0.137 e. The number of aromatic nitrogens is 3.